The van der Waals surface area contributed by atoms with Gasteiger partial charge >= 0.3 is 0 Å². The van der Waals surface area contributed by atoms with Crippen molar-refractivity contribution >= 4 is 28.6 Å². The molecule has 6 nitrogen and oxygen atoms in total. The number of amides is 1. The molecule has 0 saturated heterocycles. The predicted molar refractivity (Wildman–Crippen MR) is 134 cm³/mol. The number of nitrogens with one attached hydrogen (secondary N) is 1. The van der Waals surface area contributed by atoms with Crippen LogP contribution in [-0.4, -0.2) is 52.4 Å². The van der Waals surface area contributed by atoms with Crippen molar-refractivity contribution in [1.82, 2.24) is 20.2 Å². The van der Waals surface area contributed by atoms with Crippen LogP contribution in [0, 0.1) is 5.92 Å². The van der Waals surface area contributed by atoms with Crippen LogP contribution in [0.25, 0.3) is 0 Å². The highest BCUT2D eigenvalue weighted by Gasteiger charge is 2.28. The molecule has 192 valence electrons. The summed E-state index contributed by atoms with van der Waals surface area (Å²) in [4.78, 5) is 26.1. The molecule has 0 spiro atoms. The van der Waals surface area contributed by atoms with Crippen molar-refractivity contribution in [2.75, 3.05) is 19.7 Å². The molecule has 2 aliphatic carbocycles. The van der Waals surface area contributed by atoms with E-state index in [1.54, 1.807) is 11.3 Å². The predicted octanol–water partition coefficient (Wildman–Crippen LogP) is 5.18. The third-order valence-corrected chi connectivity index (χ3v) is 9.36. The number of thiazole rings is 2. The van der Waals surface area contributed by atoms with E-state index in [0.29, 0.717) is 23.5 Å². The highest BCUT2D eigenvalue weighted by Crippen LogP contribution is 2.41. The van der Waals surface area contributed by atoms with Crippen molar-refractivity contribution in [1.29, 1.82) is 0 Å². The first-order chi connectivity index (χ1) is 16.8. The fourth-order valence-electron chi connectivity index (χ4n) is 4.99. The summed E-state index contributed by atoms with van der Waals surface area (Å²) >= 11 is 3.10. The number of alkyl halides is 2. The molecule has 3 heterocycles. The molecule has 0 bridgehead atoms. The van der Waals surface area contributed by atoms with Crippen LogP contribution < -0.4 is 10.1 Å². The Bertz CT molecular complexity index is 1010. The summed E-state index contributed by atoms with van der Waals surface area (Å²) in [7, 11) is 0. The van der Waals surface area contributed by atoms with E-state index < -0.39 is 12.5 Å². The maximum Gasteiger partial charge on any atom is 0.278 e. The van der Waals surface area contributed by atoms with Gasteiger partial charge in [-0.2, -0.15) is 0 Å². The fraction of sp³-hybridized carbons (Fsp3) is 0.720. The van der Waals surface area contributed by atoms with Crippen molar-refractivity contribution in [3.05, 3.63) is 26.7 Å². The van der Waals surface area contributed by atoms with Gasteiger partial charge in [0, 0.05) is 47.9 Å². The SMILES string of the molecule is CC(F)(F)COc1nc2c(s1)CCN(CC[C@H]1CC[C@H](NC(=O)Cc3cnc(C4CC4)s3)CC1)C2. The number of carbonyl (C=O) groups is 1. The van der Waals surface area contributed by atoms with Crippen LogP contribution in [0.2, 0.25) is 0 Å². The molecule has 1 aliphatic heterocycles. The minimum atomic E-state index is -2.85. The molecular weight excluding hydrogens is 490 g/mol. The third-order valence-electron chi connectivity index (χ3n) is 7.13. The van der Waals surface area contributed by atoms with Crippen molar-refractivity contribution in [3.8, 4) is 5.19 Å². The quantitative estimate of drug-likeness (QED) is 0.464. The number of nitrogens with zero attached hydrogens (tertiary/aromatic N) is 3. The summed E-state index contributed by atoms with van der Waals surface area (Å²) in [5.74, 6) is -1.39. The number of hydrogen-bond acceptors (Lipinski definition) is 7. The second kappa shape index (κ2) is 10.8. The topological polar surface area (TPSA) is 67.3 Å². The van der Waals surface area contributed by atoms with Crippen molar-refractivity contribution in [2.24, 2.45) is 5.92 Å². The molecule has 0 atom stereocenters. The molecule has 2 aromatic heterocycles. The maximum atomic E-state index is 13.1. The minimum Gasteiger partial charge on any atom is -0.464 e. The number of rotatable bonds is 10. The normalized spacial score (nSPS) is 23.2. The van der Waals surface area contributed by atoms with Gasteiger partial charge in [-0.15, -0.1) is 11.3 Å². The summed E-state index contributed by atoms with van der Waals surface area (Å²) in [5.41, 5.74) is 0.979. The van der Waals surface area contributed by atoms with Gasteiger partial charge in [-0.3, -0.25) is 9.69 Å². The fourth-order valence-corrected chi connectivity index (χ4v) is 6.98. The van der Waals surface area contributed by atoms with E-state index in [2.05, 4.69) is 20.2 Å². The lowest BCUT2D eigenvalue weighted by molar-refractivity contribution is -0.121. The average Bonchev–Trinajstić information content (AvgIpc) is 3.42. The Kier molecular flexibility index (Phi) is 7.69. The van der Waals surface area contributed by atoms with E-state index in [1.807, 2.05) is 6.20 Å². The van der Waals surface area contributed by atoms with E-state index in [9.17, 15) is 13.6 Å². The molecule has 2 fully saturated rings. The van der Waals surface area contributed by atoms with Crippen LogP contribution in [0.5, 0.6) is 5.19 Å². The lowest BCUT2D eigenvalue weighted by atomic mass is 9.84. The maximum absolute atomic E-state index is 13.1. The van der Waals surface area contributed by atoms with Gasteiger partial charge in [0.2, 0.25) is 5.91 Å². The Morgan fingerprint density at radius 3 is 2.77 bits per heavy atom. The zero-order chi connectivity index (χ0) is 24.4. The Morgan fingerprint density at radius 1 is 1.23 bits per heavy atom. The number of fused-ring (bicyclic) bond motifs is 1. The number of hydrogen-bond donors (Lipinski definition) is 1. The number of halogens is 2. The Labute approximate surface area is 213 Å². The van der Waals surface area contributed by atoms with Crippen LogP contribution in [0.1, 0.15) is 78.2 Å². The van der Waals surface area contributed by atoms with Gasteiger partial charge in [-0.05, 0) is 63.8 Å². The van der Waals surface area contributed by atoms with Crippen molar-refractivity contribution < 1.29 is 18.3 Å². The summed E-state index contributed by atoms with van der Waals surface area (Å²) in [5, 5.41) is 4.80. The Balaban J connectivity index is 0.994. The minimum absolute atomic E-state index is 0.123. The van der Waals surface area contributed by atoms with Crippen LogP contribution in [0.15, 0.2) is 6.20 Å². The molecular formula is C25H34F2N4O2S2. The van der Waals surface area contributed by atoms with Crippen molar-refractivity contribution in [3.63, 3.8) is 0 Å². The summed E-state index contributed by atoms with van der Waals surface area (Å²) < 4.78 is 31.3. The van der Waals surface area contributed by atoms with Gasteiger partial charge in [-0.1, -0.05) is 11.3 Å². The van der Waals surface area contributed by atoms with Crippen LogP contribution in [0.4, 0.5) is 8.78 Å². The molecule has 3 aliphatic rings. The van der Waals surface area contributed by atoms with E-state index in [-0.39, 0.29) is 11.9 Å². The molecule has 1 amide bonds. The molecule has 2 saturated carbocycles. The first-order valence-corrected chi connectivity index (χ1v) is 14.4. The highest BCUT2D eigenvalue weighted by atomic mass is 32.1. The van der Waals surface area contributed by atoms with E-state index >= 15 is 0 Å². The lowest BCUT2D eigenvalue weighted by Gasteiger charge is -2.32. The van der Waals surface area contributed by atoms with Gasteiger partial charge in [0.05, 0.1) is 17.1 Å². The van der Waals surface area contributed by atoms with E-state index in [0.717, 1.165) is 80.5 Å². The van der Waals surface area contributed by atoms with Crippen LogP contribution >= 0.6 is 22.7 Å². The smallest absolute Gasteiger partial charge is 0.278 e. The van der Waals surface area contributed by atoms with Crippen LogP contribution in [0.3, 0.4) is 0 Å². The molecule has 5 rings (SSSR count). The largest absolute Gasteiger partial charge is 0.464 e. The molecule has 0 radical (unpaired) electrons. The zero-order valence-corrected chi connectivity index (χ0v) is 21.9. The number of ether oxygens (including phenoxy) is 1. The van der Waals surface area contributed by atoms with Gasteiger partial charge in [0.15, 0.2) is 6.61 Å². The zero-order valence-electron chi connectivity index (χ0n) is 20.2. The van der Waals surface area contributed by atoms with Gasteiger partial charge < -0.3 is 10.1 Å². The lowest BCUT2D eigenvalue weighted by Crippen LogP contribution is -2.39. The molecule has 10 heteroatoms. The van der Waals surface area contributed by atoms with Crippen molar-refractivity contribution in [2.45, 2.75) is 89.1 Å². The molecule has 2 aromatic rings. The molecule has 0 aromatic carbocycles. The molecule has 1 N–H and O–H groups in total. The molecule has 0 unspecified atom stereocenters. The first kappa shape index (κ1) is 25.0. The van der Waals surface area contributed by atoms with Gasteiger partial charge in [0.1, 0.15) is 0 Å². The van der Waals surface area contributed by atoms with Gasteiger partial charge in [-0.25, -0.2) is 18.7 Å². The van der Waals surface area contributed by atoms with E-state index in [1.165, 1.54) is 29.2 Å². The average molecular weight is 525 g/mol. The summed E-state index contributed by atoms with van der Waals surface area (Å²) in [6, 6.07) is 0.288. The van der Waals surface area contributed by atoms with E-state index in [4.69, 9.17) is 4.74 Å². The Hall–Kier alpha value is -1.65. The monoisotopic (exact) mass is 524 g/mol. The second-order valence-corrected chi connectivity index (χ2v) is 12.6. The Morgan fingerprint density at radius 2 is 2.03 bits per heavy atom. The summed E-state index contributed by atoms with van der Waals surface area (Å²) in [6.45, 7) is 3.00. The van der Waals surface area contributed by atoms with Gasteiger partial charge in [0.25, 0.3) is 11.1 Å². The number of aromatic nitrogens is 2. The standard InChI is InChI=1S/C25H34F2N4O2S2/c1-25(26,27)15-33-24-30-20-14-31(11-9-21(20)35-24)10-8-16-2-6-18(7-3-16)29-22(32)12-19-13-28-23(34-19)17-4-5-17/h13,16-18H,2-12,14-15H2,1H3,(H,29,32)/t16-,18-. The number of carbonyl (C=O) groups excluding carboxylic acids is 1. The third kappa shape index (κ3) is 7.20. The highest BCUT2D eigenvalue weighted by molar-refractivity contribution is 7.13. The second-order valence-electron chi connectivity index (χ2n) is 10.4. The summed E-state index contributed by atoms with van der Waals surface area (Å²) in [6.07, 6.45) is 11.3. The molecule has 35 heavy (non-hydrogen) atoms. The first-order valence-electron chi connectivity index (χ1n) is 12.8. The van der Waals surface area contributed by atoms with Crippen LogP contribution in [-0.2, 0) is 24.2 Å².